The molecule has 2 heterocycles. The van der Waals surface area contributed by atoms with E-state index in [4.69, 9.17) is 0 Å². The normalized spacial score (nSPS) is 15.7. The number of benzene rings is 2. The van der Waals surface area contributed by atoms with Gasteiger partial charge in [-0.15, -0.1) is 0 Å². The van der Waals surface area contributed by atoms with Crippen LogP contribution in [0.3, 0.4) is 0 Å². The molecule has 11 heteroatoms. The van der Waals surface area contributed by atoms with Crippen molar-refractivity contribution in [1.82, 2.24) is 15.4 Å². The van der Waals surface area contributed by atoms with Crippen molar-refractivity contribution in [1.29, 1.82) is 0 Å². The van der Waals surface area contributed by atoms with Gasteiger partial charge in [0.2, 0.25) is 5.91 Å². The van der Waals surface area contributed by atoms with Gasteiger partial charge in [0.05, 0.1) is 23.2 Å². The minimum absolute atomic E-state index is 0.0878. The van der Waals surface area contributed by atoms with Gasteiger partial charge in [-0.2, -0.15) is 13.2 Å². The molecular weight excluding hydrogens is 465 g/mol. The van der Waals surface area contributed by atoms with Crippen LogP contribution >= 0.6 is 0 Å². The quantitative estimate of drug-likeness (QED) is 0.455. The number of aromatic nitrogens is 1. The highest BCUT2D eigenvalue weighted by molar-refractivity contribution is 6.23. The first-order valence-corrected chi connectivity index (χ1v) is 10.3. The molecule has 1 saturated heterocycles. The number of hydrazine groups is 1. The maximum absolute atomic E-state index is 13.2. The monoisotopic (exact) mass is 482 g/mol. The van der Waals surface area contributed by atoms with Crippen molar-refractivity contribution in [2.75, 3.05) is 4.90 Å². The van der Waals surface area contributed by atoms with E-state index in [0.717, 1.165) is 17.1 Å². The molecule has 1 aliphatic heterocycles. The van der Waals surface area contributed by atoms with Crippen molar-refractivity contribution in [3.63, 3.8) is 0 Å². The molecule has 3 aromatic rings. The minimum atomic E-state index is -4.69. The summed E-state index contributed by atoms with van der Waals surface area (Å²) in [5.74, 6) is -3.31. The van der Waals surface area contributed by atoms with E-state index in [1.54, 1.807) is 18.2 Å². The predicted octanol–water partition coefficient (Wildman–Crippen LogP) is 3.22. The highest BCUT2D eigenvalue weighted by atomic mass is 19.4. The molecule has 0 radical (unpaired) electrons. The summed E-state index contributed by atoms with van der Waals surface area (Å²) in [5.41, 5.74) is 1.24. The highest BCUT2D eigenvalue weighted by Gasteiger charge is 2.46. The Hall–Kier alpha value is -4.54. The number of nitrogens with one attached hydrogen (secondary N) is 1. The summed E-state index contributed by atoms with van der Waals surface area (Å²) in [5, 5.41) is 0.735. The van der Waals surface area contributed by atoms with Crippen molar-refractivity contribution in [2.45, 2.75) is 18.6 Å². The number of amides is 4. The van der Waals surface area contributed by atoms with Crippen LogP contribution in [0.5, 0.6) is 0 Å². The Morgan fingerprint density at radius 3 is 2.34 bits per heavy atom. The molecule has 1 atom stereocenters. The van der Waals surface area contributed by atoms with E-state index in [-0.39, 0.29) is 16.8 Å². The number of imide groups is 1. The van der Waals surface area contributed by atoms with Crippen LogP contribution in [0.15, 0.2) is 79.1 Å². The van der Waals surface area contributed by atoms with Crippen LogP contribution in [0.25, 0.3) is 0 Å². The van der Waals surface area contributed by atoms with Crippen LogP contribution in [-0.2, 0) is 15.8 Å². The first-order valence-electron chi connectivity index (χ1n) is 10.3. The molecule has 0 spiro atoms. The Labute approximate surface area is 196 Å². The lowest BCUT2D eigenvalue weighted by Crippen LogP contribution is -2.54. The molecular formula is C24H17F3N4O4. The molecule has 1 N–H and O–H groups in total. The third kappa shape index (κ3) is 4.88. The van der Waals surface area contributed by atoms with Crippen LogP contribution in [-0.4, -0.2) is 39.7 Å². The molecule has 1 unspecified atom stereocenters. The number of hydrogen-bond donors (Lipinski definition) is 1. The number of nitrogens with zero attached hydrogens (tertiary/aromatic N) is 3. The third-order valence-corrected chi connectivity index (χ3v) is 5.25. The van der Waals surface area contributed by atoms with Gasteiger partial charge < -0.3 is 0 Å². The molecule has 8 nitrogen and oxygen atoms in total. The fourth-order valence-electron chi connectivity index (χ4n) is 3.57. The zero-order valence-electron chi connectivity index (χ0n) is 17.9. The van der Waals surface area contributed by atoms with E-state index in [1.807, 2.05) is 0 Å². The zero-order chi connectivity index (χ0) is 25.2. The SMILES string of the molecule is O=C(NN(C(=O)c1ccccc1)C1CC(=O)N(c2cccc(C(F)(F)F)c2)C1=O)c1cccnc1. The molecule has 2 aromatic carbocycles. The van der Waals surface area contributed by atoms with Crippen molar-refractivity contribution < 1.29 is 32.3 Å². The second kappa shape index (κ2) is 9.37. The van der Waals surface area contributed by atoms with Crippen molar-refractivity contribution in [3.05, 3.63) is 95.8 Å². The maximum Gasteiger partial charge on any atom is 0.416 e. The third-order valence-electron chi connectivity index (χ3n) is 5.25. The summed E-state index contributed by atoms with van der Waals surface area (Å²) in [7, 11) is 0. The summed E-state index contributed by atoms with van der Waals surface area (Å²) >= 11 is 0. The largest absolute Gasteiger partial charge is 0.416 e. The van der Waals surface area contributed by atoms with E-state index < -0.39 is 47.8 Å². The molecule has 4 rings (SSSR count). The number of hydrogen-bond acceptors (Lipinski definition) is 5. The van der Waals surface area contributed by atoms with Gasteiger partial charge in [-0.3, -0.25) is 29.6 Å². The molecule has 0 saturated carbocycles. The van der Waals surface area contributed by atoms with Crippen LogP contribution in [0, 0.1) is 0 Å². The summed E-state index contributed by atoms with van der Waals surface area (Å²) in [4.78, 5) is 56.4. The van der Waals surface area contributed by atoms with E-state index in [9.17, 15) is 32.3 Å². The van der Waals surface area contributed by atoms with Crippen molar-refractivity contribution in [2.24, 2.45) is 0 Å². The molecule has 1 aliphatic rings. The number of anilines is 1. The molecule has 35 heavy (non-hydrogen) atoms. The van der Waals surface area contributed by atoms with Gasteiger partial charge in [0, 0.05) is 18.0 Å². The molecule has 0 aliphatic carbocycles. The predicted molar refractivity (Wildman–Crippen MR) is 117 cm³/mol. The Morgan fingerprint density at radius 2 is 1.69 bits per heavy atom. The fourth-order valence-corrected chi connectivity index (χ4v) is 3.57. The molecule has 0 bridgehead atoms. The maximum atomic E-state index is 13.2. The Bertz CT molecular complexity index is 1280. The van der Waals surface area contributed by atoms with Gasteiger partial charge in [0.1, 0.15) is 6.04 Å². The number of alkyl halides is 3. The van der Waals surface area contributed by atoms with Gasteiger partial charge in [-0.05, 0) is 42.5 Å². The van der Waals surface area contributed by atoms with Gasteiger partial charge in [0.15, 0.2) is 0 Å². The summed E-state index contributed by atoms with van der Waals surface area (Å²) in [6, 6.07) is 12.9. The Morgan fingerprint density at radius 1 is 0.971 bits per heavy atom. The second-order valence-electron chi connectivity index (χ2n) is 7.56. The minimum Gasteiger partial charge on any atom is -0.274 e. The smallest absolute Gasteiger partial charge is 0.274 e. The number of rotatable bonds is 4. The Balaban J connectivity index is 1.68. The molecule has 4 amide bonds. The summed E-state index contributed by atoms with van der Waals surface area (Å²) in [6.45, 7) is 0. The van der Waals surface area contributed by atoms with E-state index in [1.165, 1.54) is 42.7 Å². The number of pyridine rings is 1. The lowest BCUT2D eigenvalue weighted by atomic mass is 10.1. The summed E-state index contributed by atoms with van der Waals surface area (Å²) in [6.07, 6.45) is -2.54. The molecule has 1 fully saturated rings. The lowest BCUT2D eigenvalue weighted by Gasteiger charge is -2.28. The van der Waals surface area contributed by atoms with Gasteiger partial charge >= 0.3 is 6.18 Å². The van der Waals surface area contributed by atoms with Crippen molar-refractivity contribution in [3.8, 4) is 0 Å². The van der Waals surface area contributed by atoms with Gasteiger partial charge in [-0.25, -0.2) is 9.91 Å². The van der Waals surface area contributed by atoms with E-state index >= 15 is 0 Å². The second-order valence-corrected chi connectivity index (χ2v) is 7.56. The van der Waals surface area contributed by atoms with Crippen molar-refractivity contribution >= 4 is 29.3 Å². The topological polar surface area (TPSA) is 99.7 Å². The zero-order valence-corrected chi connectivity index (χ0v) is 17.9. The van der Waals surface area contributed by atoms with E-state index in [2.05, 4.69) is 10.4 Å². The molecule has 1 aromatic heterocycles. The number of halogens is 3. The molecule has 178 valence electrons. The van der Waals surface area contributed by atoms with Gasteiger partial charge in [0.25, 0.3) is 17.7 Å². The summed E-state index contributed by atoms with van der Waals surface area (Å²) < 4.78 is 39.5. The van der Waals surface area contributed by atoms with Crippen LogP contribution in [0.2, 0.25) is 0 Å². The first-order chi connectivity index (χ1) is 16.7. The standard InChI is InChI=1S/C24H17F3N4O4/c25-24(26,27)17-9-4-10-18(12-17)30-20(32)13-19(23(30)35)31(22(34)15-6-2-1-3-7-15)29-21(33)16-8-5-11-28-14-16/h1-12,14,19H,13H2,(H,29,33). The Kier molecular flexibility index (Phi) is 6.32. The van der Waals surface area contributed by atoms with E-state index in [0.29, 0.717) is 11.0 Å². The van der Waals surface area contributed by atoms with Crippen LogP contribution in [0.1, 0.15) is 32.7 Å². The van der Waals surface area contributed by atoms with Crippen LogP contribution in [0.4, 0.5) is 18.9 Å². The highest BCUT2D eigenvalue weighted by Crippen LogP contribution is 2.33. The average molecular weight is 482 g/mol. The fraction of sp³-hybridized carbons (Fsp3) is 0.125. The van der Waals surface area contributed by atoms with Crippen LogP contribution < -0.4 is 10.3 Å². The lowest BCUT2D eigenvalue weighted by molar-refractivity contribution is -0.137. The number of carbonyl (C=O) groups is 4. The first kappa shape index (κ1) is 23.6. The average Bonchev–Trinajstić information content (AvgIpc) is 3.16. The van der Waals surface area contributed by atoms with Gasteiger partial charge in [-0.1, -0.05) is 24.3 Å². The number of carbonyl (C=O) groups excluding carboxylic acids is 4.